The molecule has 0 fully saturated rings. The number of aromatic nitrogens is 1. The summed E-state index contributed by atoms with van der Waals surface area (Å²) >= 11 is 0. The molecule has 1 aromatic heterocycles. The van der Waals surface area contributed by atoms with Crippen LogP contribution in [0.1, 0.15) is 55.9 Å². The highest BCUT2D eigenvalue weighted by Crippen LogP contribution is 2.25. The van der Waals surface area contributed by atoms with E-state index in [4.69, 9.17) is 10.00 Å². The fourth-order valence-electron chi connectivity index (χ4n) is 4.11. The molecule has 1 aliphatic heterocycles. The summed E-state index contributed by atoms with van der Waals surface area (Å²) in [7, 11) is 0. The molecular formula is C26H23N3O5. The number of nitrogens with zero attached hydrogens (tertiary/aromatic N) is 3. The minimum atomic E-state index is -0.575. The second-order valence-corrected chi connectivity index (χ2v) is 8.16. The molecule has 0 saturated carbocycles. The molecule has 0 atom stereocenters. The van der Waals surface area contributed by atoms with Crippen LogP contribution in [0.2, 0.25) is 0 Å². The molecule has 8 nitrogen and oxygen atoms in total. The van der Waals surface area contributed by atoms with E-state index in [0.717, 1.165) is 21.4 Å². The normalized spacial score (nSPS) is 12.6. The SMILES string of the molecule is Cc1ccc2c(c1)C(=O)N(CCCC(=O)OCC(=O)c1cn(CCC#N)c3ccccc13)C2=O. The summed E-state index contributed by atoms with van der Waals surface area (Å²) in [6.45, 7) is 2.00. The van der Waals surface area contributed by atoms with Gasteiger partial charge in [0.1, 0.15) is 0 Å². The van der Waals surface area contributed by atoms with E-state index in [1.165, 1.54) is 0 Å². The Morgan fingerprint density at radius 2 is 1.79 bits per heavy atom. The lowest BCUT2D eigenvalue weighted by molar-refractivity contribution is -0.142. The number of hydrogen-bond acceptors (Lipinski definition) is 6. The van der Waals surface area contributed by atoms with Crippen LogP contribution in [0.25, 0.3) is 10.9 Å². The number of carbonyl (C=O) groups is 4. The number of ether oxygens (including phenoxy) is 1. The van der Waals surface area contributed by atoms with Gasteiger partial charge in [-0.2, -0.15) is 5.26 Å². The lowest BCUT2D eigenvalue weighted by atomic mass is 10.1. The van der Waals surface area contributed by atoms with E-state index < -0.39 is 12.6 Å². The van der Waals surface area contributed by atoms with Gasteiger partial charge in [-0.25, -0.2) is 0 Å². The molecule has 8 heteroatoms. The number of fused-ring (bicyclic) bond motifs is 2. The van der Waals surface area contributed by atoms with Crippen LogP contribution < -0.4 is 0 Å². The zero-order valence-electron chi connectivity index (χ0n) is 18.7. The molecule has 0 spiro atoms. The minimum Gasteiger partial charge on any atom is -0.457 e. The van der Waals surface area contributed by atoms with Gasteiger partial charge in [-0.1, -0.05) is 29.8 Å². The smallest absolute Gasteiger partial charge is 0.306 e. The van der Waals surface area contributed by atoms with Gasteiger partial charge in [-0.3, -0.25) is 24.1 Å². The standard InChI is InChI=1S/C26H23N3O5/c1-17-9-10-19-20(14-17)26(33)29(25(19)32)13-4-8-24(31)34-16-23(30)21-15-28(12-5-11-27)22-7-3-2-6-18(21)22/h2-3,6-7,9-10,14-15H,4-5,8,12-13,16H2,1H3. The van der Waals surface area contributed by atoms with Crippen LogP contribution in [-0.4, -0.2) is 46.2 Å². The molecule has 3 aromatic rings. The number of Topliss-reactive ketones (excluding diaryl/α,β-unsaturated/α-hetero) is 1. The summed E-state index contributed by atoms with van der Waals surface area (Å²) in [5, 5.41) is 9.60. The van der Waals surface area contributed by atoms with Crippen LogP contribution in [0.15, 0.2) is 48.7 Å². The van der Waals surface area contributed by atoms with Gasteiger partial charge in [-0.05, 0) is 31.5 Å². The van der Waals surface area contributed by atoms with Crippen molar-refractivity contribution in [1.29, 1.82) is 5.26 Å². The molecule has 0 N–H and O–H groups in total. The Morgan fingerprint density at radius 1 is 1.03 bits per heavy atom. The van der Waals surface area contributed by atoms with Crippen molar-refractivity contribution < 1.29 is 23.9 Å². The summed E-state index contributed by atoms with van der Waals surface area (Å²) in [5.41, 5.74) is 2.92. The van der Waals surface area contributed by atoms with Crippen LogP contribution in [0.5, 0.6) is 0 Å². The van der Waals surface area contributed by atoms with E-state index in [9.17, 15) is 19.2 Å². The van der Waals surface area contributed by atoms with Gasteiger partial charge in [0, 0.05) is 42.2 Å². The molecule has 0 radical (unpaired) electrons. The van der Waals surface area contributed by atoms with E-state index in [0.29, 0.717) is 29.7 Å². The fourth-order valence-corrected chi connectivity index (χ4v) is 4.11. The Bertz CT molecular complexity index is 1350. The molecule has 2 heterocycles. The van der Waals surface area contributed by atoms with Crippen LogP contribution in [0, 0.1) is 18.3 Å². The van der Waals surface area contributed by atoms with Crippen molar-refractivity contribution in [2.45, 2.75) is 32.7 Å². The molecular weight excluding hydrogens is 434 g/mol. The largest absolute Gasteiger partial charge is 0.457 e. The first-order valence-corrected chi connectivity index (χ1v) is 11.0. The third kappa shape index (κ3) is 4.46. The van der Waals surface area contributed by atoms with Gasteiger partial charge in [0.15, 0.2) is 6.61 Å². The Labute approximate surface area is 196 Å². The molecule has 1 aliphatic rings. The number of carbonyl (C=O) groups excluding carboxylic acids is 4. The summed E-state index contributed by atoms with van der Waals surface area (Å²) in [6.07, 6.45) is 2.21. The van der Waals surface area contributed by atoms with Crippen molar-refractivity contribution in [3.63, 3.8) is 0 Å². The lowest BCUT2D eigenvalue weighted by Crippen LogP contribution is -2.31. The first-order valence-electron chi connectivity index (χ1n) is 11.0. The van der Waals surface area contributed by atoms with Crippen molar-refractivity contribution in [2.24, 2.45) is 0 Å². The van der Waals surface area contributed by atoms with E-state index in [2.05, 4.69) is 6.07 Å². The Kier molecular flexibility index (Phi) is 6.55. The fraction of sp³-hybridized carbons (Fsp3) is 0.269. The highest BCUT2D eigenvalue weighted by Gasteiger charge is 2.35. The van der Waals surface area contributed by atoms with Gasteiger partial charge in [0.2, 0.25) is 5.78 Å². The molecule has 34 heavy (non-hydrogen) atoms. The van der Waals surface area contributed by atoms with E-state index in [1.807, 2.05) is 35.8 Å². The number of imide groups is 1. The summed E-state index contributed by atoms with van der Waals surface area (Å²) in [6, 6.07) is 14.6. The summed E-state index contributed by atoms with van der Waals surface area (Å²) in [5.74, 6) is -1.64. The Morgan fingerprint density at radius 3 is 2.59 bits per heavy atom. The summed E-state index contributed by atoms with van der Waals surface area (Å²) < 4.78 is 7.00. The number of esters is 1. The lowest BCUT2D eigenvalue weighted by Gasteiger charge is -2.13. The van der Waals surface area contributed by atoms with Crippen LogP contribution in [0.4, 0.5) is 0 Å². The molecule has 4 rings (SSSR count). The van der Waals surface area contributed by atoms with E-state index >= 15 is 0 Å². The van der Waals surface area contributed by atoms with Crippen molar-refractivity contribution in [1.82, 2.24) is 9.47 Å². The predicted octanol–water partition coefficient (Wildman–Crippen LogP) is 3.67. The van der Waals surface area contributed by atoms with Crippen molar-refractivity contribution in [3.05, 3.63) is 70.9 Å². The molecule has 172 valence electrons. The Balaban J connectivity index is 1.30. The molecule has 2 aromatic carbocycles. The molecule has 0 aliphatic carbocycles. The number of hydrogen-bond donors (Lipinski definition) is 0. The number of nitriles is 1. The number of amides is 2. The molecule has 2 amide bonds. The maximum atomic E-state index is 12.7. The van der Waals surface area contributed by atoms with Crippen LogP contribution in [-0.2, 0) is 16.1 Å². The zero-order chi connectivity index (χ0) is 24.2. The minimum absolute atomic E-state index is 0.0242. The third-order valence-corrected chi connectivity index (χ3v) is 5.81. The van der Waals surface area contributed by atoms with Crippen LogP contribution in [0.3, 0.4) is 0 Å². The second-order valence-electron chi connectivity index (χ2n) is 8.16. The highest BCUT2D eigenvalue weighted by molar-refractivity contribution is 6.21. The van der Waals surface area contributed by atoms with Gasteiger partial charge in [0.25, 0.3) is 11.8 Å². The van der Waals surface area contributed by atoms with Crippen LogP contribution >= 0.6 is 0 Å². The van der Waals surface area contributed by atoms with Crippen molar-refractivity contribution >= 4 is 34.5 Å². The molecule has 0 saturated heterocycles. The third-order valence-electron chi connectivity index (χ3n) is 5.81. The second kappa shape index (κ2) is 9.71. The van der Waals surface area contributed by atoms with Crippen molar-refractivity contribution in [2.75, 3.05) is 13.2 Å². The van der Waals surface area contributed by atoms with E-state index in [1.54, 1.807) is 24.4 Å². The molecule has 0 unspecified atom stereocenters. The average Bonchev–Trinajstić information content (AvgIpc) is 3.32. The topological polar surface area (TPSA) is 109 Å². The van der Waals surface area contributed by atoms with Gasteiger partial charge < -0.3 is 9.30 Å². The first-order chi connectivity index (χ1) is 16.4. The first kappa shape index (κ1) is 22.9. The van der Waals surface area contributed by atoms with Gasteiger partial charge in [-0.15, -0.1) is 0 Å². The van der Waals surface area contributed by atoms with E-state index in [-0.39, 0.29) is 37.0 Å². The number of ketones is 1. The van der Waals surface area contributed by atoms with Crippen molar-refractivity contribution in [3.8, 4) is 6.07 Å². The van der Waals surface area contributed by atoms with Gasteiger partial charge in [0.05, 0.1) is 23.6 Å². The maximum Gasteiger partial charge on any atom is 0.306 e. The quantitative estimate of drug-likeness (QED) is 0.276. The number of aryl methyl sites for hydroxylation is 2. The monoisotopic (exact) mass is 457 g/mol. The number of para-hydroxylation sites is 1. The summed E-state index contributed by atoms with van der Waals surface area (Å²) in [4.78, 5) is 51.0. The maximum absolute atomic E-state index is 12.7. The molecule has 0 bridgehead atoms. The zero-order valence-corrected chi connectivity index (χ0v) is 18.7. The van der Waals surface area contributed by atoms with Gasteiger partial charge >= 0.3 is 5.97 Å². The average molecular weight is 457 g/mol. The highest BCUT2D eigenvalue weighted by atomic mass is 16.5. The Hall–Kier alpha value is -4.25. The number of rotatable bonds is 9. The number of benzene rings is 2. The predicted molar refractivity (Wildman–Crippen MR) is 123 cm³/mol.